The average Bonchev–Trinajstić information content (AvgIpc) is 3.21. The second-order valence-electron chi connectivity index (χ2n) is 6.60. The van der Waals surface area contributed by atoms with Gasteiger partial charge in [0.05, 0.1) is 5.69 Å². The van der Waals surface area contributed by atoms with Crippen LogP contribution in [0.15, 0.2) is 54.6 Å². The number of aromatic amines is 1. The van der Waals surface area contributed by atoms with E-state index in [1.807, 2.05) is 30.3 Å². The number of hydrazine groups is 1. The number of hydrogen-bond acceptors (Lipinski definition) is 5. The van der Waals surface area contributed by atoms with Gasteiger partial charge in [-0.1, -0.05) is 30.3 Å². The number of benzene rings is 2. The SMILES string of the molecule is CC(=O)Nc1cc(NC(C)=O)cc(C(=O)NNC(=O)c2cc(-c3ccccc3)n[nH]2)c1. The molecule has 4 amide bonds. The number of H-pyrrole nitrogens is 1. The smallest absolute Gasteiger partial charge is 0.287 e. The Kier molecular flexibility index (Phi) is 6.41. The molecule has 0 aliphatic heterocycles. The highest BCUT2D eigenvalue weighted by atomic mass is 16.2. The van der Waals surface area contributed by atoms with Crippen LogP contribution < -0.4 is 21.5 Å². The fourth-order valence-corrected chi connectivity index (χ4v) is 2.76. The number of nitrogens with zero attached hydrogens (tertiary/aromatic N) is 1. The summed E-state index contributed by atoms with van der Waals surface area (Å²) >= 11 is 0. The summed E-state index contributed by atoms with van der Waals surface area (Å²) in [7, 11) is 0. The minimum atomic E-state index is -0.644. The largest absolute Gasteiger partial charge is 0.326 e. The molecule has 0 unspecified atom stereocenters. The summed E-state index contributed by atoms with van der Waals surface area (Å²) in [6, 6.07) is 15.2. The Balaban J connectivity index is 1.69. The molecule has 10 heteroatoms. The van der Waals surface area contributed by atoms with E-state index in [1.54, 1.807) is 6.07 Å². The van der Waals surface area contributed by atoms with Crippen LogP contribution in [0.25, 0.3) is 11.3 Å². The second kappa shape index (κ2) is 9.35. The first-order chi connectivity index (χ1) is 14.8. The van der Waals surface area contributed by atoms with Crippen molar-refractivity contribution in [3.05, 3.63) is 65.9 Å². The topological polar surface area (TPSA) is 145 Å². The van der Waals surface area contributed by atoms with Gasteiger partial charge in [0.25, 0.3) is 11.8 Å². The van der Waals surface area contributed by atoms with Gasteiger partial charge >= 0.3 is 0 Å². The van der Waals surface area contributed by atoms with E-state index in [0.717, 1.165) is 5.56 Å². The van der Waals surface area contributed by atoms with E-state index in [2.05, 4.69) is 31.7 Å². The van der Waals surface area contributed by atoms with Crippen LogP contribution in [0.4, 0.5) is 11.4 Å². The molecule has 1 aromatic heterocycles. The molecule has 5 N–H and O–H groups in total. The van der Waals surface area contributed by atoms with Crippen molar-refractivity contribution in [1.29, 1.82) is 0 Å². The molecule has 2 aromatic carbocycles. The van der Waals surface area contributed by atoms with Crippen LogP contribution in [0.1, 0.15) is 34.7 Å². The molecule has 0 spiro atoms. The van der Waals surface area contributed by atoms with E-state index in [-0.39, 0.29) is 23.1 Å². The third-order valence-corrected chi connectivity index (χ3v) is 4.02. The molecule has 0 atom stereocenters. The van der Waals surface area contributed by atoms with Crippen LogP contribution in [0.2, 0.25) is 0 Å². The van der Waals surface area contributed by atoms with Crippen LogP contribution >= 0.6 is 0 Å². The van der Waals surface area contributed by atoms with E-state index < -0.39 is 11.8 Å². The molecule has 0 bridgehead atoms. The van der Waals surface area contributed by atoms with Gasteiger partial charge in [0, 0.05) is 36.3 Å². The lowest BCUT2D eigenvalue weighted by molar-refractivity contribution is -0.115. The summed E-state index contributed by atoms with van der Waals surface area (Å²) in [5.41, 5.74) is 6.92. The standard InChI is InChI=1S/C21H20N6O4/c1-12(28)22-16-8-15(9-17(10-16)23-13(2)29)20(30)26-27-21(31)19-11-18(24-25-19)14-6-4-3-5-7-14/h3-11H,1-2H3,(H,22,28)(H,23,29)(H,24,25)(H,26,30)(H,27,31). The van der Waals surface area contributed by atoms with Gasteiger partial charge in [-0.15, -0.1) is 0 Å². The molecule has 0 aliphatic rings. The van der Waals surface area contributed by atoms with Crippen molar-refractivity contribution in [1.82, 2.24) is 21.0 Å². The Labute approximate surface area is 177 Å². The molecule has 0 saturated carbocycles. The third kappa shape index (κ3) is 5.76. The Hall–Kier alpha value is -4.47. The highest BCUT2D eigenvalue weighted by Crippen LogP contribution is 2.20. The lowest BCUT2D eigenvalue weighted by atomic mass is 10.1. The van der Waals surface area contributed by atoms with Gasteiger partial charge in [-0.2, -0.15) is 5.10 Å². The van der Waals surface area contributed by atoms with Gasteiger partial charge in [0.1, 0.15) is 5.69 Å². The van der Waals surface area contributed by atoms with E-state index in [1.165, 1.54) is 32.0 Å². The van der Waals surface area contributed by atoms with Crippen molar-refractivity contribution < 1.29 is 19.2 Å². The molecule has 1 heterocycles. The predicted octanol–water partition coefficient (Wildman–Crippen LogP) is 2.07. The normalized spacial score (nSPS) is 10.1. The Morgan fingerprint density at radius 1 is 0.774 bits per heavy atom. The number of hydrogen-bond donors (Lipinski definition) is 5. The van der Waals surface area contributed by atoms with Gasteiger partial charge in [0.2, 0.25) is 11.8 Å². The zero-order valence-electron chi connectivity index (χ0n) is 16.8. The third-order valence-electron chi connectivity index (χ3n) is 4.02. The van der Waals surface area contributed by atoms with Gasteiger partial charge in [-0.3, -0.25) is 35.1 Å². The highest BCUT2D eigenvalue weighted by molar-refractivity contribution is 6.01. The summed E-state index contributed by atoms with van der Waals surface area (Å²) in [5.74, 6) is -1.92. The zero-order valence-corrected chi connectivity index (χ0v) is 16.8. The summed E-state index contributed by atoms with van der Waals surface area (Å²) in [6.07, 6.45) is 0. The second-order valence-corrected chi connectivity index (χ2v) is 6.60. The maximum atomic E-state index is 12.5. The fraction of sp³-hybridized carbons (Fsp3) is 0.0952. The fourth-order valence-electron chi connectivity index (χ4n) is 2.76. The zero-order chi connectivity index (χ0) is 22.4. The molecule has 0 radical (unpaired) electrons. The van der Waals surface area contributed by atoms with Crippen LogP contribution in [-0.4, -0.2) is 33.8 Å². The van der Waals surface area contributed by atoms with Gasteiger partial charge in [0.15, 0.2) is 0 Å². The number of anilines is 2. The molecule has 10 nitrogen and oxygen atoms in total. The monoisotopic (exact) mass is 420 g/mol. The number of carbonyl (C=O) groups is 4. The maximum absolute atomic E-state index is 12.5. The number of nitrogens with one attached hydrogen (secondary N) is 5. The van der Waals surface area contributed by atoms with Crippen LogP contribution in [0.3, 0.4) is 0 Å². The highest BCUT2D eigenvalue weighted by Gasteiger charge is 2.14. The van der Waals surface area contributed by atoms with E-state index in [4.69, 9.17) is 0 Å². The first-order valence-corrected chi connectivity index (χ1v) is 9.23. The Bertz CT molecular complexity index is 1110. The molecule has 0 aliphatic carbocycles. The van der Waals surface area contributed by atoms with Crippen molar-refractivity contribution in [2.24, 2.45) is 0 Å². The van der Waals surface area contributed by atoms with E-state index >= 15 is 0 Å². The lowest BCUT2D eigenvalue weighted by Crippen LogP contribution is -2.41. The Morgan fingerprint density at radius 3 is 1.94 bits per heavy atom. The first-order valence-electron chi connectivity index (χ1n) is 9.23. The minimum absolute atomic E-state index is 0.116. The van der Waals surface area contributed by atoms with E-state index in [9.17, 15) is 19.2 Å². The summed E-state index contributed by atoms with van der Waals surface area (Å²) in [6.45, 7) is 2.64. The van der Waals surface area contributed by atoms with Gasteiger partial charge < -0.3 is 10.6 Å². The minimum Gasteiger partial charge on any atom is -0.326 e. The van der Waals surface area contributed by atoms with Crippen LogP contribution in [-0.2, 0) is 9.59 Å². The number of carbonyl (C=O) groups excluding carboxylic acids is 4. The van der Waals surface area contributed by atoms with E-state index in [0.29, 0.717) is 17.1 Å². The van der Waals surface area contributed by atoms with Crippen molar-refractivity contribution in [2.75, 3.05) is 10.6 Å². The number of aromatic nitrogens is 2. The molecule has 31 heavy (non-hydrogen) atoms. The molecular weight excluding hydrogens is 400 g/mol. The average molecular weight is 420 g/mol. The summed E-state index contributed by atoms with van der Waals surface area (Å²) in [5, 5.41) is 11.8. The van der Waals surface area contributed by atoms with Crippen LogP contribution in [0, 0.1) is 0 Å². The number of amides is 4. The van der Waals surface area contributed by atoms with Crippen LogP contribution in [0.5, 0.6) is 0 Å². The predicted molar refractivity (Wildman–Crippen MR) is 114 cm³/mol. The van der Waals surface area contributed by atoms with Crippen molar-refractivity contribution >= 4 is 35.0 Å². The summed E-state index contributed by atoms with van der Waals surface area (Å²) in [4.78, 5) is 47.5. The molecule has 158 valence electrons. The van der Waals surface area contributed by atoms with Crippen molar-refractivity contribution in [2.45, 2.75) is 13.8 Å². The van der Waals surface area contributed by atoms with Crippen molar-refractivity contribution in [3.63, 3.8) is 0 Å². The molecular formula is C21H20N6O4. The van der Waals surface area contributed by atoms with Gasteiger partial charge in [-0.05, 0) is 24.3 Å². The summed E-state index contributed by atoms with van der Waals surface area (Å²) < 4.78 is 0. The quantitative estimate of drug-likeness (QED) is 0.401. The Morgan fingerprint density at radius 2 is 1.35 bits per heavy atom. The maximum Gasteiger partial charge on any atom is 0.287 e. The van der Waals surface area contributed by atoms with Gasteiger partial charge in [-0.25, -0.2) is 0 Å². The first kappa shape index (κ1) is 21.2. The lowest BCUT2D eigenvalue weighted by Gasteiger charge is -2.11. The van der Waals surface area contributed by atoms with Crippen molar-refractivity contribution in [3.8, 4) is 11.3 Å². The molecule has 3 rings (SSSR count). The molecule has 0 fully saturated rings. The molecule has 3 aromatic rings. The number of rotatable bonds is 5. The molecule has 0 saturated heterocycles.